The zero-order chi connectivity index (χ0) is 20.2. The first-order valence-corrected chi connectivity index (χ1v) is 10.1. The molecule has 1 unspecified atom stereocenters. The Kier molecular flexibility index (Phi) is 6.02. The molecule has 0 radical (unpaired) electrons. The van der Waals surface area contributed by atoms with Gasteiger partial charge in [-0.05, 0) is 54.3 Å². The molecule has 0 bridgehead atoms. The second kappa shape index (κ2) is 8.85. The molecule has 1 aliphatic rings. The molecule has 29 heavy (non-hydrogen) atoms. The first-order chi connectivity index (χ1) is 14.1. The van der Waals surface area contributed by atoms with E-state index in [0.717, 1.165) is 37.2 Å². The standard InChI is InChI=1S/C25H26F2N2/c1-19-6-8-20(9-7-19)17-28-14-3-15-29(18-21-10-12-23(26)13-11-21)25(28)22-4-2-5-24(27)16-22/h2,4-13,16,25H,3,14-15,17-18H2,1H3. The zero-order valence-electron chi connectivity index (χ0n) is 16.7. The van der Waals surface area contributed by atoms with Crippen LogP contribution < -0.4 is 0 Å². The van der Waals surface area contributed by atoms with Crippen molar-refractivity contribution in [2.75, 3.05) is 13.1 Å². The van der Waals surface area contributed by atoms with Crippen molar-refractivity contribution in [3.63, 3.8) is 0 Å². The average molecular weight is 392 g/mol. The van der Waals surface area contributed by atoms with Crippen molar-refractivity contribution in [1.82, 2.24) is 9.80 Å². The second-order valence-electron chi connectivity index (χ2n) is 7.84. The molecule has 4 rings (SSSR count). The highest BCUT2D eigenvalue weighted by Crippen LogP contribution is 2.32. The molecule has 0 amide bonds. The highest BCUT2D eigenvalue weighted by atomic mass is 19.1. The lowest BCUT2D eigenvalue weighted by molar-refractivity contribution is -0.00925. The number of rotatable bonds is 5. The SMILES string of the molecule is Cc1ccc(CN2CCCN(Cc3ccc(F)cc3)C2c2cccc(F)c2)cc1. The third-order valence-electron chi connectivity index (χ3n) is 5.53. The molecular formula is C25H26F2N2. The van der Waals surface area contributed by atoms with Crippen LogP contribution in [0.3, 0.4) is 0 Å². The Hall–Kier alpha value is -2.56. The van der Waals surface area contributed by atoms with E-state index in [2.05, 4.69) is 41.0 Å². The Labute approximate surface area is 171 Å². The maximum absolute atomic E-state index is 14.0. The van der Waals surface area contributed by atoms with Crippen LogP contribution in [0.25, 0.3) is 0 Å². The summed E-state index contributed by atoms with van der Waals surface area (Å²) in [6.07, 6.45) is 1.02. The van der Waals surface area contributed by atoms with Crippen LogP contribution in [-0.4, -0.2) is 22.9 Å². The fourth-order valence-electron chi connectivity index (χ4n) is 4.12. The molecule has 0 saturated carbocycles. The van der Waals surface area contributed by atoms with Crippen LogP contribution in [0.15, 0.2) is 72.8 Å². The minimum absolute atomic E-state index is 0.0224. The average Bonchev–Trinajstić information content (AvgIpc) is 2.72. The van der Waals surface area contributed by atoms with Crippen LogP contribution >= 0.6 is 0 Å². The Morgan fingerprint density at radius 1 is 0.759 bits per heavy atom. The molecule has 4 heteroatoms. The molecule has 1 heterocycles. The Morgan fingerprint density at radius 2 is 1.34 bits per heavy atom. The van der Waals surface area contributed by atoms with Gasteiger partial charge in [0, 0.05) is 26.2 Å². The molecular weight excluding hydrogens is 366 g/mol. The highest BCUT2D eigenvalue weighted by Gasteiger charge is 2.31. The van der Waals surface area contributed by atoms with Gasteiger partial charge in [0.05, 0.1) is 6.17 Å². The van der Waals surface area contributed by atoms with Crippen LogP contribution in [0.4, 0.5) is 8.78 Å². The Morgan fingerprint density at radius 3 is 1.93 bits per heavy atom. The van der Waals surface area contributed by atoms with Crippen molar-refractivity contribution in [2.45, 2.75) is 32.6 Å². The van der Waals surface area contributed by atoms with Gasteiger partial charge < -0.3 is 0 Å². The highest BCUT2D eigenvalue weighted by molar-refractivity contribution is 5.24. The largest absolute Gasteiger partial charge is 0.280 e. The monoisotopic (exact) mass is 392 g/mol. The van der Waals surface area contributed by atoms with Gasteiger partial charge in [-0.2, -0.15) is 0 Å². The van der Waals surface area contributed by atoms with Gasteiger partial charge in [-0.1, -0.05) is 54.1 Å². The molecule has 0 spiro atoms. The zero-order valence-corrected chi connectivity index (χ0v) is 16.7. The second-order valence-corrected chi connectivity index (χ2v) is 7.84. The van der Waals surface area contributed by atoms with Gasteiger partial charge in [0.15, 0.2) is 0 Å². The Balaban J connectivity index is 1.63. The number of halogens is 2. The van der Waals surface area contributed by atoms with E-state index in [0.29, 0.717) is 6.54 Å². The van der Waals surface area contributed by atoms with Crippen molar-refractivity contribution in [2.24, 2.45) is 0 Å². The van der Waals surface area contributed by atoms with Crippen LogP contribution in [0.5, 0.6) is 0 Å². The van der Waals surface area contributed by atoms with Crippen molar-refractivity contribution >= 4 is 0 Å². The summed E-state index contributed by atoms with van der Waals surface area (Å²) < 4.78 is 27.4. The fourth-order valence-corrected chi connectivity index (χ4v) is 4.12. The lowest BCUT2D eigenvalue weighted by atomic mass is 10.0. The third-order valence-corrected chi connectivity index (χ3v) is 5.53. The molecule has 1 saturated heterocycles. The molecule has 3 aromatic carbocycles. The number of nitrogens with zero attached hydrogens (tertiary/aromatic N) is 2. The number of benzene rings is 3. The van der Waals surface area contributed by atoms with Gasteiger partial charge in [-0.3, -0.25) is 9.80 Å². The van der Waals surface area contributed by atoms with Gasteiger partial charge >= 0.3 is 0 Å². The van der Waals surface area contributed by atoms with Gasteiger partial charge in [-0.25, -0.2) is 8.78 Å². The predicted octanol–water partition coefficient (Wildman–Crippen LogP) is 5.68. The molecule has 0 aliphatic carbocycles. The topological polar surface area (TPSA) is 6.48 Å². The van der Waals surface area contributed by atoms with E-state index >= 15 is 0 Å². The number of hydrogen-bond acceptors (Lipinski definition) is 2. The quantitative estimate of drug-likeness (QED) is 0.551. The van der Waals surface area contributed by atoms with Gasteiger partial charge in [0.2, 0.25) is 0 Å². The summed E-state index contributed by atoms with van der Waals surface area (Å²) in [5, 5.41) is 0. The molecule has 150 valence electrons. The summed E-state index contributed by atoms with van der Waals surface area (Å²) in [6, 6.07) is 22.1. The van der Waals surface area contributed by atoms with Crippen molar-refractivity contribution < 1.29 is 8.78 Å². The van der Waals surface area contributed by atoms with Crippen molar-refractivity contribution in [1.29, 1.82) is 0 Å². The summed E-state index contributed by atoms with van der Waals surface area (Å²) in [5.41, 5.74) is 4.51. The summed E-state index contributed by atoms with van der Waals surface area (Å²) in [7, 11) is 0. The summed E-state index contributed by atoms with van der Waals surface area (Å²) >= 11 is 0. The molecule has 0 aromatic heterocycles. The van der Waals surface area contributed by atoms with Crippen molar-refractivity contribution in [3.8, 4) is 0 Å². The molecule has 0 N–H and O–H groups in total. The van der Waals surface area contributed by atoms with Crippen LogP contribution in [0, 0.1) is 18.6 Å². The normalized spacial score (nSPS) is 18.1. The van der Waals surface area contributed by atoms with E-state index in [1.165, 1.54) is 29.3 Å². The van der Waals surface area contributed by atoms with E-state index in [1.807, 2.05) is 18.2 Å². The third kappa shape index (κ3) is 4.89. The minimum atomic E-state index is -0.227. The first kappa shape index (κ1) is 19.7. The molecule has 1 aliphatic heterocycles. The van der Waals surface area contributed by atoms with E-state index in [-0.39, 0.29) is 17.8 Å². The Bertz CT molecular complexity index is 882. The van der Waals surface area contributed by atoms with Gasteiger partial charge in [0.1, 0.15) is 11.6 Å². The van der Waals surface area contributed by atoms with E-state index in [4.69, 9.17) is 0 Å². The van der Waals surface area contributed by atoms with Crippen LogP contribution in [-0.2, 0) is 13.1 Å². The number of aryl methyl sites for hydroxylation is 1. The van der Waals surface area contributed by atoms with Gasteiger partial charge in [-0.15, -0.1) is 0 Å². The lowest BCUT2D eigenvalue weighted by Gasteiger charge is -2.44. The van der Waals surface area contributed by atoms with Crippen molar-refractivity contribution in [3.05, 3.63) is 107 Å². The summed E-state index contributed by atoms with van der Waals surface area (Å²) in [4.78, 5) is 4.77. The molecule has 2 nitrogen and oxygen atoms in total. The maximum Gasteiger partial charge on any atom is 0.123 e. The molecule has 3 aromatic rings. The minimum Gasteiger partial charge on any atom is -0.280 e. The molecule has 1 atom stereocenters. The van der Waals surface area contributed by atoms with Crippen LogP contribution in [0.2, 0.25) is 0 Å². The predicted molar refractivity (Wildman–Crippen MR) is 112 cm³/mol. The van der Waals surface area contributed by atoms with Crippen LogP contribution in [0.1, 0.15) is 34.8 Å². The lowest BCUT2D eigenvalue weighted by Crippen LogP contribution is -2.46. The summed E-state index contributed by atoms with van der Waals surface area (Å²) in [5.74, 6) is -0.444. The van der Waals surface area contributed by atoms with Gasteiger partial charge in [0.25, 0.3) is 0 Å². The first-order valence-electron chi connectivity index (χ1n) is 10.1. The van der Waals surface area contributed by atoms with E-state index in [9.17, 15) is 8.78 Å². The fraction of sp³-hybridized carbons (Fsp3) is 0.280. The smallest absolute Gasteiger partial charge is 0.123 e. The van der Waals surface area contributed by atoms with E-state index < -0.39 is 0 Å². The maximum atomic E-state index is 14.0. The summed E-state index contributed by atoms with van der Waals surface area (Å²) in [6.45, 7) is 5.47. The molecule has 1 fully saturated rings. The number of hydrogen-bond donors (Lipinski definition) is 0. The van der Waals surface area contributed by atoms with E-state index in [1.54, 1.807) is 12.1 Å².